The van der Waals surface area contributed by atoms with Crippen LogP contribution in [0.15, 0.2) is 24.3 Å². The van der Waals surface area contributed by atoms with Crippen molar-refractivity contribution in [2.24, 2.45) is 0 Å². The minimum Gasteiger partial charge on any atom is -0.480 e. The maximum Gasteiger partial charge on any atom is 0.349 e. The van der Waals surface area contributed by atoms with Crippen LogP contribution in [-0.4, -0.2) is 29.8 Å². The van der Waals surface area contributed by atoms with Crippen LogP contribution in [0.2, 0.25) is 0 Å². The molecular formula is C22H16F5NO4. The Kier molecular flexibility index (Phi) is 5.49. The van der Waals surface area contributed by atoms with Crippen LogP contribution >= 0.6 is 0 Å². The molecule has 0 aliphatic heterocycles. The van der Waals surface area contributed by atoms with Crippen molar-refractivity contribution in [3.63, 3.8) is 0 Å². The summed E-state index contributed by atoms with van der Waals surface area (Å²) in [4.78, 5) is 16.7. The van der Waals surface area contributed by atoms with Gasteiger partial charge in [0.25, 0.3) is 0 Å². The number of carbonyl (C=O) groups is 1. The second-order valence-corrected chi connectivity index (χ2v) is 7.53. The van der Waals surface area contributed by atoms with E-state index in [0.717, 1.165) is 24.8 Å². The fourth-order valence-corrected chi connectivity index (χ4v) is 3.74. The van der Waals surface area contributed by atoms with Crippen molar-refractivity contribution in [3.05, 3.63) is 64.5 Å². The molecule has 1 aliphatic rings. The second-order valence-electron chi connectivity index (χ2n) is 7.53. The zero-order chi connectivity index (χ0) is 23.2. The van der Waals surface area contributed by atoms with Crippen LogP contribution in [0.3, 0.4) is 0 Å². The van der Waals surface area contributed by atoms with Gasteiger partial charge in [0.1, 0.15) is 5.56 Å². The third-order valence-electron chi connectivity index (χ3n) is 5.79. The summed E-state index contributed by atoms with van der Waals surface area (Å²) in [7, 11) is 1.19. The first-order valence-corrected chi connectivity index (χ1v) is 9.56. The Morgan fingerprint density at radius 3 is 2.19 bits per heavy atom. The molecule has 1 N–H and O–H groups in total. The molecule has 10 heteroatoms. The van der Waals surface area contributed by atoms with Gasteiger partial charge in [0.2, 0.25) is 40.7 Å². The molecule has 0 atom stereocenters. The summed E-state index contributed by atoms with van der Waals surface area (Å²) in [6.45, 7) is -0.0258. The van der Waals surface area contributed by atoms with Crippen LogP contribution < -0.4 is 9.47 Å². The fourth-order valence-electron chi connectivity index (χ4n) is 3.74. The largest absolute Gasteiger partial charge is 0.480 e. The zero-order valence-electron chi connectivity index (χ0n) is 16.6. The third-order valence-corrected chi connectivity index (χ3v) is 5.79. The number of hydrogen-bond acceptors (Lipinski definition) is 5. The van der Waals surface area contributed by atoms with Crippen molar-refractivity contribution >= 4 is 16.9 Å². The standard InChI is InChI=1S/C22H16F5NO4/c1-31-20-12(21(30)32-19-17(26)15(24)14(23)16(25)18(19)27)7-10-3-4-11(8-13(10)28-20)22(9-29)5-2-6-22/h3-4,7-8,29H,2,5-6,9H2,1H3. The molecule has 5 nitrogen and oxygen atoms in total. The number of fused-ring (bicyclic) bond motifs is 1. The molecule has 0 spiro atoms. The molecule has 168 valence electrons. The summed E-state index contributed by atoms with van der Waals surface area (Å²) in [5, 5.41) is 10.2. The molecule has 2 aromatic carbocycles. The van der Waals surface area contributed by atoms with Crippen LogP contribution in [0.1, 0.15) is 35.2 Å². The predicted octanol–water partition coefficient (Wildman–Crippen LogP) is 4.57. The minimum absolute atomic E-state index is 0.0258. The Hall–Kier alpha value is -3.27. The lowest BCUT2D eigenvalue weighted by atomic mass is 9.65. The number of aliphatic hydroxyl groups excluding tert-OH is 1. The van der Waals surface area contributed by atoms with Crippen molar-refractivity contribution in [2.45, 2.75) is 24.7 Å². The van der Waals surface area contributed by atoms with Crippen molar-refractivity contribution in [3.8, 4) is 11.6 Å². The number of pyridine rings is 1. The Morgan fingerprint density at radius 1 is 1.03 bits per heavy atom. The van der Waals surface area contributed by atoms with Crippen molar-refractivity contribution in [1.82, 2.24) is 4.98 Å². The van der Waals surface area contributed by atoms with E-state index in [1.807, 2.05) is 0 Å². The molecule has 1 aromatic heterocycles. The first-order chi connectivity index (χ1) is 15.2. The van der Waals surface area contributed by atoms with E-state index in [-0.39, 0.29) is 23.5 Å². The second kappa shape index (κ2) is 8.01. The number of halogens is 5. The summed E-state index contributed by atoms with van der Waals surface area (Å²) >= 11 is 0. The summed E-state index contributed by atoms with van der Waals surface area (Å²) in [6, 6.07) is 6.42. The fraction of sp³-hybridized carbons (Fsp3) is 0.273. The Morgan fingerprint density at radius 2 is 1.66 bits per heavy atom. The summed E-state index contributed by atoms with van der Waals surface area (Å²) in [6.07, 6.45) is 2.62. The molecule has 0 unspecified atom stereocenters. The normalized spacial score (nSPS) is 14.8. The molecule has 0 bridgehead atoms. The highest BCUT2D eigenvalue weighted by molar-refractivity contribution is 5.97. The number of rotatable bonds is 5. The van der Waals surface area contributed by atoms with Gasteiger partial charge >= 0.3 is 5.97 Å². The molecule has 0 radical (unpaired) electrons. The van der Waals surface area contributed by atoms with Crippen molar-refractivity contribution in [1.29, 1.82) is 0 Å². The number of methoxy groups -OCH3 is 1. The minimum atomic E-state index is -2.37. The van der Waals surface area contributed by atoms with Gasteiger partial charge in [-0.3, -0.25) is 0 Å². The van der Waals surface area contributed by atoms with Gasteiger partial charge in [-0.1, -0.05) is 18.6 Å². The van der Waals surface area contributed by atoms with Crippen LogP contribution in [0.4, 0.5) is 22.0 Å². The van der Waals surface area contributed by atoms with E-state index in [1.165, 1.54) is 13.2 Å². The number of hydrogen-bond donors (Lipinski definition) is 1. The van der Waals surface area contributed by atoms with E-state index < -0.39 is 40.8 Å². The summed E-state index contributed by atoms with van der Waals surface area (Å²) in [5.41, 5.74) is 0.557. The van der Waals surface area contributed by atoms with Gasteiger partial charge in [-0.2, -0.15) is 8.78 Å². The lowest BCUT2D eigenvalue weighted by Crippen LogP contribution is -2.37. The first-order valence-electron chi connectivity index (χ1n) is 9.56. The van der Waals surface area contributed by atoms with Gasteiger partial charge in [-0.05, 0) is 30.5 Å². The highest BCUT2D eigenvalue weighted by atomic mass is 19.2. The lowest BCUT2D eigenvalue weighted by molar-refractivity contribution is 0.0712. The molecule has 32 heavy (non-hydrogen) atoms. The first kappa shape index (κ1) is 21.9. The van der Waals surface area contributed by atoms with E-state index in [1.54, 1.807) is 18.2 Å². The summed E-state index contributed by atoms with van der Waals surface area (Å²) < 4.78 is 77.3. The van der Waals surface area contributed by atoms with Crippen LogP contribution in [0.25, 0.3) is 10.9 Å². The van der Waals surface area contributed by atoms with Gasteiger partial charge < -0.3 is 14.6 Å². The van der Waals surface area contributed by atoms with E-state index in [2.05, 4.69) is 9.72 Å². The number of aromatic nitrogens is 1. The van der Waals surface area contributed by atoms with Gasteiger partial charge in [0, 0.05) is 10.8 Å². The van der Waals surface area contributed by atoms with Gasteiger partial charge in [-0.15, -0.1) is 0 Å². The number of aliphatic hydroxyl groups is 1. The van der Waals surface area contributed by atoms with E-state index >= 15 is 0 Å². The topological polar surface area (TPSA) is 68.7 Å². The van der Waals surface area contributed by atoms with E-state index in [0.29, 0.717) is 10.9 Å². The van der Waals surface area contributed by atoms with Crippen LogP contribution in [0.5, 0.6) is 11.6 Å². The SMILES string of the molecule is COc1nc2cc(C3(CO)CCC3)ccc2cc1C(=O)Oc1c(F)c(F)c(F)c(F)c1F. The maximum absolute atomic E-state index is 13.9. The average molecular weight is 453 g/mol. The molecule has 3 aromatic rings. The molecule has 0 saturated heterocycles. The Labute approximate surface area is 178 Å². The zero-order valence-corrected chi connectivity index (χ0v) is 16.6. The number of esters is 1. The molecule has 1 heterocycles. The van der Waals surface area contributed by atoms with E-state index in [4.69, 9.17) is 4.74 Å². The quantitative estimate of drug-likeness (QED) is 0.202. The molecule has 1 fully saturated rings. The van der Waals surface area contributed by atoms with Crippen LogP contribution in [0, 0.1) is 29.1 Å². The van der Waals surface area contributed by atoms with E-state index in [9.17, 15) is 31.9 Å². The van der Waals surface area contributed by atoms with Crippen molar-refractivity contribution in [2.75, 3.05) is 13.7 Å². The molecule has 4 rings (SSSR count). The Bertz CT molecular complexity index is 1210. The van der Waals surface area contributed by atoms with Crippen LogP contribution in [-0.2, 0) is 5.41 Å². The molecule has 1 aliphatic carbocycles. The predicted molar refractivity (Wildman–Crippen MR) is 102 cm³/mol. The monoisotopic (exact) mass is 453 g/mol. The number of carbonyl (C=O) groups excluding carboxylic acids is 1. The lowest BCUT2D eigenvalue weighted by Gasteiger charge is -2.40. The number of nitrogens with zero attached hydrogens (tertiary/aromatic N) is 1. The van der Waals surface area contributed by atoms with Gasteiger partial charge in [-0.25, -0.2) is 22.9 Å². The van der Waals surface area contributed by atoms with Gasteiger partial charge in [0.15, 0.2) is 0 Å². The van der Waals surface area contributed by atoms with Gasteiger partial charge in [0.05, 0.1) is 19.2 Å². The molecular weight excluding hydrogens is 437 g/mol. The molecule has 1 saturated carbocycles. The summed E-state index contributed by atoms with van der Waals surface area (Å²) in [5.74, 6) is -14.8. The smallest absolute Gasteiger partial charge is 0.349 e. The Balaban J connectivity index is 1.74. The highest BCUT2D eigenvalue weighted by Crippen LogP contribution is 2.44. The number of benzene rings is 2. The van der Waals surface area contributed by atoms with Crippen molar-refractivity contribution < 1.29 is 41.3 Å². The highest BCUT2D eigenvalue weighted by Gasteiger charge is 2.38. The average Bonchev–Trinajstić information content (AvgIpc) is 2.77. The third kappa shape index (κ3) is 3.35. The maximum atomic E-state index is 13.9. The molecule has 0 amide bonds. The number of ether oxygens (including phenoxy) is 2.